The molecule has 1 aromatic carbocycles. The fourth-order valence-electron chi connectivity index (χ4n) is 3.56. The molecule has 2 heteroatoms. The van der Waals surface area contributed by atoms with Crippen LogP contribution in [0.1, 0.15) is 50.7 Å². The minimum Gasteiger partial charge on any atom is -0.385 e. The van der Waals surface area contributed by atoms with Crippen molar-refractivity contribution >= 4 is 0 Å². The Balaban J connectivity index is 2.33. The van der Waals surface area contributed by atoms with Crippen LogP contribution >= 0.6 is 0 Å². The van der Waals surface area contributed by atoms with Crippen molar-refractivity contribution in [2.24, 2.45) is 5.41 Å². The first-order valence-electron chi connectivity index (χ1n) is 7.82. The number of hydrogen-bond acceptors (Lipinski definition) is 2. The van der Waals surface area contributed by atoms with Crippen LogP contribution in [0.15, 0.2) is 24.3 Å². The zero-order chi connectivity index (χ0) is 14.8. The fraction of sp³-hybridized carbons (Fsp3) is 0.667. The van der Waals surface area contributed by atoms with Crippen molar-refractivity contribution in [3.05, 3.63) is 35.4 Å². The molecule has 1 aromatic rings. The topological polar surface area (TPSA) is 23.5 Å². The Morgan fingerprint density at radius 3 is 2.60 bits per heavy atom. The molecule has 1 N–H and O–H groups in total. The van der Waals surface area contributed by atoms with Crippen LogP contribution in [0, 0.1) is 5.41 Å². The minimum absolute atomic E-state index is 0.0636. The second kappa shape index (κ2) is 5.87. The van der Waals surface area contributed by atoms with E-state index in [2.05, 4.69) is 57.1 Å². The van der Waals surface area contributed by atoms with Gasteiger partial charge in [0.2, 0.25) is 0 Å². The Morgan fingerprint density at radius 2 is 1.90 bits per heavy atom. The van der Waals surface area contributed by atoms with Crippen LogP contribution < -0.4 is 0 Å². The maximum Gasteiger partial charge on any atom is 0.0950 e. The normalized spacial score (nSPS) is 25.3. The lowest BCUT2D eigenvalue weighted by atomic mass is 9.67. The van der Waals surface area contributed by atoms with Crippen molar-refractivity contribution in [2.45, 2.75) is 51.6 Å². The largest absolute Gasteiger partial charge is 0.385 e. The molecule has 0 heterocycles. The average molecular weight is 275 g/mol. The molecular formula is C18H29NO. The van der Waals surface area contributed by atoms with Gasteiger partial charge in [-0.1, -0.05) is 38.1 Å². The Kier molecular flexibility index (Phi) is 4.55. The third-order valence-corrected chi connectivity index (χ3v) is 4.97. The van der Waals surface area contributed by atoms with Gasteiger partial charge >= 0.3 is 0 Å². The molecule has 0 saturated heterocycles. The van der Waals surface area contributed by atoms with E-state index in [0.717, 1.165) is 32.2 Å². The minimum atomic E-state index is -0.698. The van der Waals surface area contributed by atoms with E-state index < -0.39 is 5.60 Å². The second-order valence-electron chi connectivity index (χ2n) is 7.16. The Labute approximate surface area is 123 Å². The third kappa shape index (κ3) is 2.91. The quantitative estimate of drug-likeness (QED) is 0.849. The van der Waals surface area contributed by atoms with E-state index in [1.165, 1.54) is 17.5 Å². The molecule has 0 fully saturated rings. The van der Waals surface area contributed by atoms with E-state index in [1.54, 1.807) is 0 Å². The van der Waals surface area contributed by atoms with Crippen molar-refractivity contribution in [2.75, 3.05) is 20.6 Å². The van der Waals surface area contributed by atoms with E-state index in [1.807, 2.05) is 0 Å². The van der Waals surface area contributed by atoms with Crippen molar-refractivity contribution < 1.29 is 5.11 Å². The van der Waals surface area contributed by atoms with Crippen LogP contribution in [0.2, 0.25) is 0 Å². The Morgan fingerprint density at radius 1 is 1.20 bits per heavy atom. The summed E-state index contributed by atoms with van der Waals surface area (Å²) in [6.45, 7) is 5.48. The highest BCUT2D eigenvalue weighted by Crippen LogP contribution is 2.49. The van der Waals surface area contributed by atoms with Crippen LogP contribution in [0.5, 0.6) is 0 Å². The van der Waals surface area contributed by atoms with Gasteiger partial charge in [-0.25, -0.2) is 0 Å². The predicted molar refractivity (Wildman–Crippen MR) is 84.8 cm³/mol. The molecule has 0 aliphatic heterocycles. The molecule has 1 atom stereocenters. The second-order valence-corrected chi connectivity index (χ2v) is 7.16. The van der Waals surface area contributed by atoms with Gasteiger partial charge in [-0.05, 0) is 69.3 Å². The summed E-state index contributed by atoms with van der Waals surface area (Å²) in [7, 11) is 4.19. The lowest BCUT2D eigenvalue weighted by Gasteiger charge is -2.43. The smallest absolute Gasteiger partial charge is 0.0950 e. The first-order chi connectivity index (χ1) is 9.37. The van der Waals surface area contributed by atoms with Gasteiger partial charge in [0.1, 0.15) is 0 Å². The van der Waals surface area contributed by atoms with E-state index in [-0.39, 0.29) is 5.41 Å². The van der Waals surface area contributed by atoms with E-state index in [4.69, 9.17) is 0 Å². The maximum absolute atomic E-state index is 11.5. The van der Waals surface area contributed by atoms with Gasteiger partial charge in [0.25, 0.3) is 0 Å². The SMILES string of the molecule is CN(C)CCCC1(O)c2ccccc2CCCC1(C)C. The van der Waals surface area contributed by atoms with Gasteiger partial charge in [0, 0.05) is 0 Å². The fourth-order valence-corrected chi connectivity index (χ4v) is 3.56. The molecule has 2 nitrogen and oxygen atoms in total. The molecule has 1 aliphatic rings. The standard InChI is InChI=1S/C18H29NO/c1-17(2)12-7-10-15-9-5-6-11-16(15)18(17,20)13-8-14-19(3)4/h5-6,9,11,20H,7-8,10,12-14H2,1-4H3. The van der Waals surface area contributed by atoms with Gasteiger partial charge < -0.3 is 10.0 Å². The van der Waals surface area contributed by atoms with Gasteiger partial charge in [-0.15, -0.1) is 0 Å². The van der Waals surface area contributed by atoms with Crippen LogP contribution in [0.25, 0.3) is 0 Å². The van der Waals surface area contributed by atoms with Gasteiger partial charge in [-0.2, -0.15) is 0 Å². The first-order valence-corrected chi connectivity index (χ1v) is 7.82. The average Bonchev–Trinajstić information content (AvgIpc) is 2.46. The number of nitrogens with zero attached hydrogens (tertiary/aromatic N) is 1. The highest BCUT2D eigenvalue weighted by atomic mass is 16.3. The molecule has 0 saturated carbocycles. The molecule has 0 spiro atoms. The van der Waals surface area contributed by atoms with E-state index in [9.17, 15) is 5.11 Å². The van der Waals surface area contributed by atoms with Gasteiger partial charge in [0.05, 0.1) is 5.60 Å². The summed E-state index contributed by atoms with van der Waals surface area (Å²) in [6, 6.07) is 8.49. The highest BCUT2D eigenvalue weighted by molar-refractivity contribution is 5.35. The van der Waals surface area contributed by atoms with Crippen molar-refractivity contribution in [1.82, 2.24) is 4.90 Å². The van der Waals surface area contributed by atoms with Crippen LogP contribution in [0.4, 0.5) is 0 Å². The summed E-state index contributed by atoms with van der Waals surface area (Å²) in [4.78, 5) is 2.19. The number of aryl methyl sites for hydroxylation is 1. The molecule has 1 aliphatic carbocycles. The van der Waals surface area contributed by atoms with Crippen LogP contribution in [0.3, 0.4) is 0 Å². The summed E-state index contributed by atoms with van der Waals surface area (Å²) in [6.07, 6.45) is 5.21. The molecule has 2 rings (SSSR count). The number of aliphatic hydroxyl groups is 1. The zero-order valence-corrected chi connectivity index (χ0v) is 13.4. The van der Waals surface area contributed by atoms with Crippen molar-refractivity contribution in [3.63, 3.8) is 0 Å². The van der Waals surface area contributed by atoms with Crippen molar-refractivity contribution in [3.8, 4) is 0 Å². The Bertz CT molecular complexity index is 452. The number of fused-ring (bicyclic) bond motifs is 1. The van der Waals surface area contributed by atoms with Crippen molar-refractivity contribution in [1.29, 1.82) is 0 Å². The van der Waals surface area contributed by atoms with Crippen LogP contribution in [-0.4, -0.2) is 30.6 Å². The summed E-state index contributed by atoms with van der Waals surface area (Å²) < 4.78 is 0. The molecule has 0 amide bonds. The number of hydrogen-bond donors (Lipinski definition) is 1. The zero-order valence-electron chi connectivity index (χ0n) is 13.4. The van der Waals surface area contributed by atoms with E-state index >= 15 is 0 Å². The summed E-state index contributed by atoms with van der Waals surface area (Å²) in [5, 5.41) is 11.5. The van der Waals surface area contributed by atoms with Gasteiger partial charge in [0.15, 0.2) is 0 Å². The summed E-state index contributed by atoms with van der Waals surface area (Å²) in [5.74, 6) is 0. The molecule has 0 radical (unpaired) electrons. The van der Waals surface area contributed by atoms with Crippen LogP contribution in [-0.2, 0) is 12.0 Å². The third-order valence-electron chi connectivity index (χ3n) is 4.97. The maximum atomic E-state index is 11.5. The molecule has 0 bridgehead atoms. The lowest BCUT2D eigenvalue weighted by molar-refractivity contribution is -0.0848. The Hall–Kier alpha value is -0.860. The molecular weight excluding hydrogens is 246 g/mol. The van der Waals surface area contributed by atoms with E-state index in [0.29, 0.717) is 0 Å². The van der Waals surface area contributed by atoms with Gasteiger partial charge in [-0.3, -0.25) is 0 Å². The molecule has 112 valence electrons. The number of rotatable bonds is 4. The summed E-state index contributed by atoms with van der Waals surface area (Å²) >= 11 is 0. The first kappa shape index (κ1) is 15.5. The highest BCUT2D eigenvalue weighted by Gasteiger charge is 2.46. The molecule has 0 aromatic heterocycles. The summed E-state index contributed by atoms with van der Waals surface area (Å²) in [5.41, 5.74) is 1.74. The monoisotopic (exact) mass is 275 g/mol. The lowest BCUT2D eigenvalue weighted by Crippen LogP contribution is -2.42. The number of benzene rings is 1. The predicted octanol–water partition coefficient (Wildman–Crippen LogP) is 3.58. The molecule has 20 heavy (non-hydrogen) atoms. The molecule has 1 unspecified atom stereocenters.